The largest absolute Gasteiger partial charge is 0.482 e. The molecule has 2 aliphatic heterocycles. The summed E-state index contributed by atoms with van der Waals surface area (Å²) in [5.41, 5.74) is 1.71. The van der Waals surface area contributed by atoms with Gasteiger partial charge in [0.2, 0.25) is 5.91 Å². The van der Waals surface area contributed by atoms with Gasteiger partial charge >= 0.3 is 0 Å². The number of likely N-dealkylation sites (tertiary alicyclic amines) is 1. The van der Waals surface area contributed by atoms with Gasteiger partial charge in [0.05, 0.1) is 5.69 Å². The zero-order valence-corrected chi connectivity index (χ0v) is 16.7. The summed E-state index contributed by atoms with van der Waals surface area (Å²) >= 11 is 0. The van der Waals surface area contributed by atoms with E-state index in [1.54, 1.807) is 0 Å². The molecule has 0 aromatic heterocycles. The summed E-state index contributed by atoms with van der Waals surface area (Å²) < 4.78 is 5.46. The van der Waals surface area contributed by atoms with Crippen LogP contribution in [-0.4, -0.2) is 55.0 Å². The van der Waals surface area contributed by atoms with Crippen molar-refractivity contribution >= 4 is 17.5 Å². The van der Waals surface area contributed by atoms with Gasteiger partial charge in [-0.3, -0.25) is 19.4 Å². The van der Waals surface area contributed by atoms with Crippen molar-refractivity contribution < 1.29 is 14.3 Å². The molecule has 27 heavy (non-hydrogen) atoms. The van der Waals surface area contributed by atoms with Crippen LogP contribution in [0, 0.1) is 6.92 Å². The number of carbonyl (C=O) groups is 2. The van der Waals surface area contributed by atoms with Gasteiger partial charge in [0.25, 0.3) is 5.91 Å². The minimum atomic E-state index is -0.181. The first kappa shape index (κ1) is 19.7. The van der Waals surface area contributed by atoms with Gasteiger partial charge in [-0.15, -0.1) is 0 Å². The Balaban J connectivity index is 1.48. The fourth-order valence-corrected chi connectivity index (χ4v) is 4.09. The Morgan fingerprint density at radius 1 is 1.26 bits per heavy atom. The van der Waals surface area contributed by atoms with Gasteiger partial charge in [0, 0.05) is 25.2 Å². The predicted molar refractivity (Wildman–Crippen MR) is 106 cm³/mol. The lowest BCUT2D eigenvalue weighted by Gasteiger charge is -2.39. The molecule has 2 aliphatic rings. The van der Waals surface area contributed by atoms with E-state index in [0.29, 0.717) is 30.1 Å². The van der Waals surface area contributed by atoms with Gasteiger partial charge in [0.15, 0.2) is 6.61 Å². The van der Waals surface area contributed by atoms with Crippen LogP contribution in [0.15, 0.2) is 18.2 Å². The van der Waals surface area contributed by atoms with E-state index in [1.165, 1.54) is 24.2 Å². The molecule has 6 heteroatoms. The second-order valence-corrected chi connectivity index (χ2v) is 7.81. The van der Waals surface area contributed by atoms with E-state index in [1.807, 2.05) is 25.1 Å². The van der Waals surface area contributed by atoms with Crippen molar-refractivity contribution in [1.29, 1.82) is 0 Å². The second kappa shape index (κ2) is 8.74. The molecule has 1 saturated heterocycles. The van der Waals surface area contributed by atoms with E-state index >= 15 is 0 Å². The lowest BCUT2D eigenvalue weighted by atomic mass is 9.97. The summed E-state index contributed by atoms with van der Waals surface area (Å²) in [6.45, 7) is 8.19. The number of anilines is 1. The average molecular weight is 373 g/mol. The molecule has 0 bridgehead atoms. The van der Waals surface area contributed by atoms with E-state index in [9.17, 15) is 9.59 Å². The quantitative estimate of drug-likeness (QED) is 0.779. The lowest BCUT2D eigenvalue weighted by Crippen LogP contribution is -2.46. The monoisotopic (exact) mass is 373 g/mol. The number of rotatable bonds is 6. The Morgan fingerprint density at radius 3 is 2.74 bits per heavy atom. The fourth-order valence-electron chi connectivity index (χ4n) is 4.09. The van der Waals surface area contributed by atoms with Crippen LogP contribution in [0.5, 0.6) is 5.75 Å². The highest BCUT2D eigenvalue weighted by atomic mass is 16.5. The third-order valence-electron chi connectivity index (χ3n) is 5.65. The molecule has 0 spiro atoms. The van der Waals surface area contributed by atoms with Gasteiger partial charge in [-0.25, -0.2) is 0 Å². The summed E-state index contributed by atoms with van der Waals surface area (Å²) in [5, 5.41) is 2.96. The zero-order chi connectivity index (χ0) is 19.4. The standard InChI is InChI=1S/C21H31N3O3/c1-15-8-9-19-18(12-15)24(21(26)14-27-19)13-20(25)22-10-5-11-23-16(2)6-4-7-17(23)3/h8-9,12,16-17H,4-7,10-11,13-14H2,1-3H3,(H,22,25). The third kappa shape index (κ3) is 4.80. The van der Waals surface area contributed by atoms with Crippen LogP contribution < -0.4 is 15.0 Å². The molecular formula is C21H31N3O3. The Morgan fingerprint density at radius 2 is 2.00 bits per heavy atom. The number of aryl methyl sites for hydroxylation is 1. The molecular weight excluding hydrogens is 342 g/mol. The summed E-state index contributed by atoms with van der Waals surface area (Å²) in [7, 11) is 0. The molecule has 0 aliphatic carbocycles. The summed E-state index contributed by atoms with van der Waals surface area (Å²) in [5.74, 6) is 0.345. The number of piperidine rings is 1. The van der Waals surface area contributed by atoms with E-state index in [0.717, 1.165) is 18.5 Å². The van der Waals surface area contributed by atoms with Crippen molar-refractivity contribution in [2.45, 2.75) is 58.5 Å². The van der Waals surface area contributed by atoms with Gasteiger partial charge in [-0.2, -0.15) is 0 Å². The number of ether oxygens (including phenoxy) is 1. The molecule has 0 radical (unpaired) electrons. The SMILES string of the molecule is Cc1ccc2c(c1)N(CC(=O)NCCCN1C(C)CCCC1C)C(=O)CO2. The van der Waals surface area contributed by atoms with E-state index in [2.05, 4.69) is 24.1 Å². The van der Waals surface area contributed by atoms with Gasteiger partial charge in [-0.1, -0.05) is 12.5 Å². The van der Waals surface area contributed by atoms with Crippen molar-refractivity contribution in [2.24, 2.45) is 0 Å². The summed E-state index contributed by atoms with van der Waals surface area (Å²) in [4.78, 5) is 28.7. The van der Waals surface area contributed by atoms with Crippen molar-refractivity contribution in [2.75, 3.05) is 31.1 Å². The van der Waals surface area contributed by atoms with Crippen LogP contribution in [0.4, 0.5) is 5.69 Å². The Hall–Kier alpha value is -2.08. The fraction of sp³-hybridized carbons (Fsp3) is 0.619. The molecule has 1 fully saturated rings. The van der Waals surface area contributed by atoms with E-state index in [-0.39, 0.29) is 25.0 Å². The number of hydrogen-bond acceptors (Lipinski definition) is 4. The van der Waals surface area contributed by atoms with Crippen molar-refractivity contribution in [3.8, 4) is 5.75 Å². The van der Waals surface area contributed by atoms with Gasteiger partial charge in [0.1, 0.15) is 12.3 Å². The second-order valence-electron chi connectivity index (χ2n) is 7.81. The number of fused-ring (bicyclic) bond motifs is 1. The molecule has 1 aromatic rings. The first-order valence-electron chi connectivity index (χ1n) is 10.0. The third-order valence-corrected chi connectivity index (χ3v) is 5.65. The van der Waals surface area contributed by atoms with E-state index in [4.69, 9.17) is 4.74 Å². The molecule has 1 aromatic carbocycles. The number of amides is 2. The number of hydrogen-bond donors (Lipinski definition) is 1. The number of carbonyl (C=O) groups excluding carboxylic acids is 2. The molecule has 6 nitrogen and oxygen atoms in total. The van der Waals surface area contributed by atoms with Crippen LogP contribution in [0.3, 0.4) is 0 Å². The maximum absolute atomic E-state index is 12.4. The first-order chi connectivity index (χ1) is 13.0. The van der Waals surface area contributed by atoms with Crippen LogP contribution in [-0.2, 0) is 9.59 Å². The highest BCUT2D eigenvalue weighted by Gasteiger charge is 2.27. The Labute approximate surface area is 161 Å². The first-order valence-corrected chi connectivity index (χ1v) is 10.0. The predicted octanol–water partition coefficient (Wildman–Crippen LogP) is 2.49. The molecule has 0 saturated carbocycles. The molecule has 2 amide bonds. The molecule has 2 atom stereocenters. The topological polar surface area (TPSA) is 61.9 Å². The number of nitrogens with zero attached hydrogens (tertiary/aromatic N) is 2. The highest BCUT2D eigenvalue weighted by Crippen LogP contribution is 2.32. The molecule has 3 rings (SSSR count). The van der Waals surface area contributed by atoms with Crippen molar-refractivity contribution in [3.05, 3.63) is 23.8 Å². The maximum atomic E-state index is 12.4. The van der Waals surface area contributed by atoms with E-state index < -0.39 is 0 Å². The lowest BCUT2D eigenvalue weighted by molar-refractivity contribution is -0.125. The smallest absolute Gasteiger partial charge is 0.265 e. The molecule has 2 heterocycles. The summed E-state index contributed by atoms with van der Waals surface area (Å²) in [6.07, 6.45) is 4.75. The zero-order valence-electron chi connectivity index (χ0n) is 16.7. The van der Waals surface area contributed by atoms with Gasteiger partial charge in [-0.05, 0) is 57.7 Å². The van der Waals surface area contributed by atoms with Crippen LogP contribution in [0.1, 0.15) is 45.1 Å². The van der Waals surface area contributed by atoms with Gasteiger partial charge < -0.3 is 10.1 Å². The minimum absolute atomic E-state index is 0.0198. The normalized spacial score (nSPS) is 22.9. The average Bonchev–Trinajstić information content (AvgIpc) is 2.63. The molecule has 2 unspecified atom stereocenters. The Bertz CT molecular complexity index is 681. The maximum Gasteiger partial charge on any atom is 0.265 e. The highest BCUT2D eigenvalue weighted by molar-refractivity contribution is 6.02. The molecule has 148 valence electrons. The Kier molecular flexibility index (Phi) is 6.37. The summed E-state index contributed by atoms with van der Waals surface area (Å²) in [6, 6.07) is 6.92. The minimum Gasteiger partial charge on any atom is -0.482 e. The van der Waals surface area contributed by atoms with Crippen LogP contribution >= 0.6 is 0 Å². The van der Waals surface area contributed by atoms with Crippen LogP contribution in [0.25, 0.3) is 0 Å². The van der Waals surface area contributed by atoms with Crippen LogP contribution in [0.2, 0.25) is 0 Å². The number of nitrogens with one attached hydrogen (secondary N) is 1. The molecule has 1 N–H and O–H groups in total. The van der Waals surface area contributed by atoms with Crippen molar-refractivity contribution in [1.82, 2.24) is 10.2 Å². The van der Waals surface area contributed by atoms with Crippen molar-refractivity contribution in [3.63, 3.8) is 0 Å². The number of benzene rings is 1.